The summed E-state index contributed by atoms with van der Waals surface area (Å²) in [6.07, 6.45) is 10.2. The molecule has 0 fully saturated rings. The van der Waals surface area contributed by atoms with Crippen molar-refractivity contribution in [2.45, 2.75) is 18.9 Å². The molecule has 1 aromatic rings. The van der Waals surface area contributed by atoms with Crippen LogP contribution in [0.5, 0.6) is 0 Å². The maximum atomic E-state index is 5.89. The number of terminal acetylenes is 1. The quantitative estimate of drug-likeness (QED) is 0.821. The second-order valence-electron chi connectivity index (χ2n) is 2.79. The van der Waals surface area contributed by atoms with Gasteiger partial charge < -0.3 is 5.73 Å². The van der Waals surface area contributed by atoms with Crippen LogP contribution in [0.3, 0.4) is 0 Å². The van der Waals surface area contributed by atoms with E-state index in [2.05, 4.69) is 26.8 Å². The minimum Gasteiger partial charge on any atom is -0.324 e. The molecule has 0 aromatic carbocycles. The van der Waals surface area contributed by atoms with Gasteiger partial charge in [-0.3, -0.25) is 4.98 Å². The molecule has 1 unspecified atom stereocenters. The van der Waals surface area contributed by atoms with Gasteiger partial charge in [0.2, 0.25) is 0 Å². The zero-order chi connectivity index (χ0) is 9.68. The Morgan fingerprint density at radius 2 is 2.38 bits per heavy atom. The second kappa shape index (κ2) is 5.00. The van der Waals surface area contributed by atoms with Crippen molar-refractivity contribution in [1.29, 1.82) is 0 Å². The fourth-order valence-corrected chi connectivity index (χ4v) is 1.42. The van der Waals surface area contributed by atoms with Crippen LogP contribution in [-0.2, 0) is 0 Å². The first kappa shape index (κ1) is 10.2. The third-order valence-electron chi connectivity index (χ3n) is 1.75. The standard InChI is InChI=1S/C10H11BrN2/c1-2-3-4-10(12)8-5-9(11)7-13-6-8/h1,5-7,10H,3-4,12H2. The average Bonchev–Trinajstić information content (AvgIpc) is 2.14. The molecule has 1 rings (SSSR count). The molecule has 0 radical (unpaired) electrons. The van der Waals surface area contributed by atoms with Crippen LogP contribution in [0.4, 0.5) is 0 Å². The molecule has 1 aromatic heterocycles. The van der Waals surface area contributed by atoms with Gasteiger partial charge in [-0.1, -0.05) is 0 Å². The number of halogens is 1. The molecule has 2 nitrogen and oxygen atoms in total. The molecule has 1 atom stereocenters. The van der Waals surface area contributed by atoms with Crippen LogP contribution in [-0.4, -0.2) is 4.98 Å². The summed E-state index contributed by atoms with van der Waals surface area (Å²) >= 11 is 3.34. The van der Waals surface area contributed by atoms with Crippen LogP contribution >= 0.6 is 15.9 Å². The molecular weight excluding hydrogens is 228 g/mol. The Hall–Kier alpha value is -0.850. The van der Waals surface area contributed by atoms with E-state index in [1.165, 1.54) is 0 Å². The van der Waals surface area contributed by atoms with E-state index in [0.717, 1.165) is 16.5 Å². The number of hydrogen-bond donors (Lipinski definition) is 1. The molecule has 0 saturated carbocycles. The summed E-state index contributed by atoms with van der Waals surface area (Å²) in [7, 11) is 0. The van der Waals surface area contributed by atoms with Gasteiger partial charge in [-0.05, 0) is 34.0 Å². The van der Waals surface area contributed by atoms with Gasteiger partial charge in [0.15, 0.2) is 0 Å². The summed E-state index contributed by atoms with van der Waals surface area (Å²) in [4.78, 5) is 4.03. The summed E-state index contributed by atoms with van der Waals surface area (Å²) in [5.74, 6) is 2.57. The molecular formula is C10H11BrN2. The van der Waals surface area contributed by atoms with Gasteiger partial charge in [-0.2, -0.15) is 0 Å². The lowest BCUT2D eigenvalue weighted by Gasteiger charge is -2.09. The Balaban J connectivity index is 2.66. The molecule has 0 bridgehead atoms. The number of hydrogen-bond acceptors (Lipinski definition) is 2. The number of nitrogens with two attached hydrogens (primary N) is 1. The molecule has 0 aliphatic heterocycles. The summed E-state index contributed by atoms with van der Waals surface area (Å²) in [6.45, 7) is 0. The Labute approximate surface area is 86.7 Å². The van der Waals surface area contributed by atoms with E-state index in [9.17, 15) is 0 Å². The van der Waals surface area contributed by atoms with Crippen molar-refractivity contribution in [3.8, 4) is 12.3 Å². The smallest absolute Gasteiger partial charge is 0.0410 e. The van der Waals surface area contributed by atoms with Crippen LogP contribution in [0.15, 0.2) is 22.9 Å². The Morgan fingerprint density at radius 1 is 1.62 bits per heavy atom. The predicted molar refractivity (Wildman–Crippen MR) is 56.9 cm³/mol. The molecule has 0 aliphatic rings. The molecule has 13 heavy (non-hydrogen) atoms. The Bertz CT molecular complexity index is 317. The molecule has 2 N–H and O–H groups in total. The minimum atomic E-state index is -0.0129. The highest BCUT2D eigenvalue weighted by Gasteiger charge is 2.05. The van der Waals surface area contributed by atoms with Crippen molar-refractivity contribution in [2.24, 2.45) is 5.73 Å². The first-order chi connectivity index (χ1) is 6.24. The first-order valence-electron chi connectivity index (χ1n) is 4.03. The lowest BCUT2D eigenvalue weighted by molar-refractivity contribution is 0.664. The summed E-state index contributed by atoms with van der Waals surface area (Å²) in [5, 5.41) is 0. The van der Waals surface area contributed by atoms with Gasteiger partial charge in [-0.15, -0.1) is 12.3 Å². The number of nitrogens with zero attached hydrogens (tertiary/aromatic N) is 1. The Morgan fingerprint density at radius 3 is 3.00 bits per heavy atom. The average molecular weight is 239 g/mol. The number of aromatic nitrogens is 1. The fraction of sp³-hybridized carbons (Fsp3) is 0.300. The molecule has 0 amide bonds. The van der Waals surface area contributed by atoms with E-state index in [-0.39, 0.29) is 6.04 Å². The van der Waals surface area contributed by atoms with E-state index >= 15 is 0 Å². The normalized spacial score (nSPS) is 12.1. The topological polar surface area (TPSA) is 38.9 Å². The summed E-state index contributed by atoms with van der Waals surface area (Å²) in [5.41, 5.74) is 6.91. The van der Waals surface area contributed by atoms with Crippen molar-refractivity contribution >= 4 is 15.9 Å². The number of rotatable bonds is 3. The molecule has 68 valence electrons. The van der Waals surface area contributed by atoms with Gasteiger partial charge >= 0.3 is 0 Å². The lowest BCUT2D eigenvalue weighted by atomic mass is 10.1. The highest BCUT2D eigenvalue weighted by molar-refractivity contribution is 9.10. The highest BCUT2D eigenvalue weighted by atomic mass is 79.9. The number of pyridine rings is 1. The lowest BCUT2D eigenvalue weighted by Crippen LogP contribution is -2.10. The van der Waals surface area contributed by atoms with Crippen molar-refractivity contribution in [3.63, 3.8) is 0 Å². The van der Waals surface area contributed by atoms with Gasteiger partial charge in [0, 0.05) is 29.3 Å². The van der Waals surface area contributed by atoms with E-state index in [1.807, 2.05) is 6.07 Å². The molecule has 3 heteroatoms. The van der Waals surface area contributed by atoms with Crippen LogP contribution in [0, 0.1) is 12.3 Å². The van der Waals surface area contributed by atoms with Crippen LogP contribution in [0.1, 0.15) is 24.4 Å². The zero-order valence-corrected chi connectivity index (χ0v) is 8.79. The summed E-state index contributed by atoms with van der Waals surface area (Å²) < 4.78 is 0.946. The largest absolute Gasteiger partial charge is 0.324 e. The maximum Gasteiger partial charge on any atom is 0.0410 e. The van der Waals surface area contributed by atoms with Gasteiger partial charge in [0.05, 0.1) is 0 Å². The van der Waals surface area contributed by atoms with E-state index in [1.54, 1.807) is 12.4 Å². The highest BCUT2D eigenvalue weighted by Crippen LogP contribution is 2.18. The molecule has 0 spiro atoms. The first-order valence-corrected chi connectivity index (χ1v) is 4.83. The van der Waals surface area contributed by atoms with Crippen molar-refractivity contribution in [2.75, 3.05) is 0 Å². The van der Waals surface area contributed by atoms with Gasteiger partial charge in [0.25, 0.3) is 0 Å². The molecule has 1 heterocycles. The minimum absolute atomic E-state index is 0.0129. The SMILES string of the molecule is C#CCCC(N)c1cncc(Br)c1. The van der Waals surface area contributed by atoms with Crippen molar-refractivity contribution in [3.05, 3.63) is 28.5 Å². The van der Waals surface area contributed by atoms with Crippen LogP contribution < -0.4 is 5.73 Å². The van der Waals surface area contributed by atoms with Gasteiger partial charge in [-0.25, -0.2) is 0 Å². The molecule has 0 aliphatic carbocycles. The maximum absolute atomic E-state index is 5.89. The summed E-state index contributed by atoms with van der Waals surface area (Å²) in [6, 6.07) is 1.95. The van der Waals surface area contributed by atoms with Crippen molar-refractivity contribution in [1.82, 2.24) is 4.98 Å². The van der Waals surface area contributed by atoms with Crippen molar-refractivity contribution < 1.29 is 0 Å². The third-order valence-corrected chi connectivity index (χ3v) is 2.19. The zero-order valence-electron chi connectivity index (χ0n) is 7.20. The fourth-order valence-electron chi connectivity index (χ4n) is 1.04. The van der Waals surface area contributed by atoms with Gasteiger partial charge in [0.1, 0.15) is 0 Å². The van der Waals surface area contributed by atoms with Crippen LogP contribution in [0.2, 0.25) is 0 Å². The predicted octanol–water partition coefficient (Wildman–Crippen LogP) is 2.26. The Kier molecular flexibility index (Phi) is 3.94. The third kappa shape index (κ3) is 3.17. The van der Waals surface area contributed by atoms with E-state index in [4.69, 9.17) is 12.2 Å². The van der Waals surface area contributed by atoms with Crippen LogP contribution in [0.25, 0.3) is 0 Å². The molecule has 0 saturated heterocycles. The second-order valence-corrected chi connectivity index (χ2v) is 3.70. The van der Waals surface area contributed by atoms with E-state index < -0.39 is 0 Å². The monoisotopic (exact) mass is 238 g/mol. The van der Waals surface area contributed by atoms with E-state index in [0.29, 0.717) is 6.42 Å².